The molecule has 8 heteroatoms. The Morgan fingerprint density at radius 1 is 1.45 bits per heavy atom. The van der Waals surface area contributed by atoms with Gasteiger partial charge in [-0.15, -0.1) is 3.89 Å². The second kappa shape index (κ2) is 5.99. The summed E-state index contributed by atoms with van der Waals surface area (Å²) >= 11 is 9.25. The molecule has 0 aromatic heterocycles. The van der Waals surface area contributed by atoms with Gasteiger partial charge in [0.25, 0.3) is 0 Å². The summed E-state index contributed by atoms with van der Waals surface area (Å²) in [5.41, 5.74) is 0.843. The molecule has 2 rings (SSSR count). The van der Waals surface area contributed by atoms with Crippen LogP contribution in [0.15, 0.2) is 22.7 Å². The molecule has 0 radical (unpaired) electrons. The second-order valence-electron chi connectivity index (χ2n) is 4.80. The highest BCUT2D eigenvalue weighted by molar-refractivity contribution is 9.10. The van der Waals surface area contributed by atoms with Crippen molar-refractivity contribution in [2.45, 2.75) is 13.0 Å². The van der Waals surface area contributed by atoms with Crippen LogP contribution in [-0.2, 0) is 21.6 Å². The number of carbonyl (C=O) groups is 1. The van der Waals surface area contributed by atoms with Crippen molar-refractivity contribution in [3.63, 3.8) is 0 Å². The Bertz CT molecular complexity index is 638. The van der Waals surface area contributed by atoms with Gasteiger partial charge in [-0.1, -0.05) is 17.7 Å². The third-order valence-electron chi connectivity index (χ3n) is 3.09. The van der Waals surface area contributed by atoms with E-state index in [0.717, 1.165) is 10.0 Å². The highest BCUT2D eigenvalue weighted by Gasteiger charge is 2.32. The lowest BCUT2D eigenvalue weighted by molar-refractivity contribution is -0.128. The number of benzene rings is 1. The molecule has 1 heterocycles. The van der Waals surface area contributed by atoms with Gasteiger partial charge in [-0.05, 0) is 33.6 Å². The smallest absolute Gasteiger partial charge is 0.302 e. The summed E-state index contributed by atoms with van der Waals surface area (Å²) in [5.74, 6) is -1.25. The number of rotatable bonds is 4. The minimum absolute atomic E-state index is 0.0629. The monoisotopic (exact) mass is 383 g/mol. The third kappa shape index (κ3) is 4.17. The van der Waals surface area contributed by atoms with Gasteiger partial charge >= 0.3 is 10.2 Å². The average Bonchev–Trinajstić information content (AvgIpc) is 2.62. The molecule has 0 bridgehead atoms. The number of hydrogen-bond donors (Lipinski definition) is 0. The van der Waals surface area contributed by atoms with E-state index >= 15 is 0 Å². The van der Waals surface area contributed by atoms with Crippen molar-refractivity contribution < 1.29 is 17.1 Å². The van der Waals surface area contributed by atoms with Crippen LogP contribution in [0.25, 0.3) is 0 Å². The van der Waals surface area contributed by atoms with Crippen molar-refractivity contribution >= 4 is 43.7 Å². The largest absolute Gasteiger partial charge is 0.338 e. The van der Waals surface area contributed by atoms with E-state index in [-0.39, 0.29) is 18.9 Å². The highest BCUT2D eigenvalue weighted by atomic mass is 79.9. The van der Waals surface area contributed by atoms with Crippen molar-refractivity contribution in [3.05, 3.63) is 33.3 Å². The normalized spacial score (nSPS) is 19.6. The molecule has 20 heavy (non-hydrogen) atoms. The van der Waals surface area contributed by atoms with E-state index < -0.39 is 21.9 Å². The van der Waals surface area contributed by atoms with Crippen LogP contribution in [0.2, 0.25) is 5.02 Å². The molecule has 0 saturated carbocycles. The summed E-state index contributed by atoms with van der Waals surface area (Å²) in [6, 6.07) is 5.34. The van der Waals surface area contributed by atoms with Crippen LogP contribution in [0, 0.1) is 5.92 Å². The van der Waals surface area contributed by atoms with Gasteiger partial charge in [0.2, 0.25) is 5.91 Å². The first-order valence-corrected chi connectivity index (χ1v) is 8.61. The van der Waals surface area contributed by atoms with Crippen molar-refractivity contribution in [1.29, 1.82) is 0 Å². The molecule has 110 valence electrons. The molecule has 1 saturated heterocycles. The maximum absolute atomic E-state index is 12.6. The Kier molecular flexibility index (Phi) is 4.71. The maximum Gasteiger partial charge on any atom is 0.302 e. The minimum Gasteiger partial charge on any atom is -0.338 e. The molecule has 4 nitrogen and oxygen atoms in total. The van der Waals surface area contributed by atoms with Gasteiger partial charge in [-0.2, -0.15) is 8.42 Å². The third-order valence-corrected chi connectivity index (χ3v) is 5.19. The van der Waals surface area contributed by atoms with E-state index in [9.17, 15) is 17.1 Å². The summed E-state index contributed by atoms with van der Waals surface area (Å²) in [5, 5.41) is 0.539. The molecule has 1 aromatic carbocycles. The Balaban J connectivity index is 2.03. The fourth-order valence-corrected chi connectivity index (χ4v) is 3.49. The molecule has 0 N–H and O–H groups in total. The van der Waals surface area contributed by atoms with E-state index in [4.69, 9.17) is 11.6 Å². The first-order chi connectivity index (χ1) is 9.24. The van der Waals surface area contributed by atoms with E-state index in [1.54, 1.807) is 12.1 Å². The van der Waals surface area contributed by atoms with E-state index in [1.807, 2.05) is 6.07 Å². The predicted octanol–water partition coefficient (Wildman–Crippen LogP) is 2.75. The molecular weight excluding hydrogens is 373 g/mol. The second-order valence-corrected chi connectivity index (χ2v) is 7.47. The summed E-state index contributed by atoms with van der Waals surface area (Å²) in [7, 11) is -4.55. The van der Waals surface area contributed by atoms with Gasteiger partial charge < -0.3 is 4.90 Å². The van der Waals surface area contributed by atoms with Crippen LogP contribution in [-0.4, -0.2) is 31.5 Å². The molecule has 1 unspecified atom stereocenters. The number of hydrogen-bond acceptors (Lipinski definition) is 3. The van der Waals surface area contributed by atoms with E-state index in [1.165, 1.54) is 4.90 Å². The Hall–Kier alpha value is -0.660. The summed E-state index contributed by atoms with van der Waals surface area (Å²) in [6.07, 6.45) is 0.0629. The van der Waals surface area contributed by atoms with Crippen LogP contribution < -0.4 is 0 Å². The molecular formula is C12H12BrClFNO3S. The molecule has 0 spiro atoms. The number of nitrogens with zero attached hydrogens (tertiary/aromatic N) is 1. The number of halogens is 3. The van der Waals surface area contributed by atoms with Crippen LogP contribution in [0.1, 0.15) is 12.0 Å². The molecule has 1 atom stereocenters. The topological polar surface area (TPSA) is 54.5 Å². The predicted molar refractivity (Wildman–Crippen MR) is 77.6 cm³/mol. The van der Waals surface area contributed by atoms with Crippen molar-refractivity contribution in [3.8, 4) is 0 Å². The van der Waals surface area contributed by atoms with Gasteiger partial charge in [0.1, 0.15) is 0 Å². The first-order valence-electron chi connectivity index (χ1n) is 5.88. The van der Waals surface area contributed by atoms with E-state index in [0.29, 0.717) is 11.6 Å². The van der Waals surface area contributed by atoms with Crippen molar-refractivity contribution in [1.82, 2.24) is 4.90 Å². The SMILES string of the molecule is O=C1CC(CS(=O)(=O)F)CN1Cc1ccc(Br)c(Cl)c1. The number of likely N-dealkylation sites (tertiary alicyclic amines) is 1. The fraction of sp³-hybridized carbons (Fsp3) is 0.417. The van der Waals surface area contributed by atoms with Gasteiger partial charge in [0.05, 0.1) is 10.8 Å². The lowest BCUT2D eigenvalue weighted by Gasteiger charge is -2.16. The Morgan fingerprint density at radius 3 is 2.75 bits per heavy atom. The minimum atomic E-state index is -4.55. The Labute approximate surface area is 130 Å². The van der Waals surface area contributed by atoms with Crippen LogP contribution in [0.5, 0.6) is 0 Å². The average molecular weight is 385 g/mol. The summed E-state index contributed by atoms with van der Waals surface area (Å²) in [6.45, 7) is 0.588. The zero-order valence-electron chi connectivity index (χ0n) is 10.4. The quantitative estimate of drug-likeness (QED) is 0.750. The standard InChI is InChI=1S/C12H12BrClFNO3S/c13-10-2-1-8(3-11(10)14)5-16-6-9(4-12(16)17)7-20(15,18)19/h1-3,9H,4-7H2. The number of amides is 1. The van der Waals surface area contributed by atoms with Gasteiger partial charge in [-0.25, -0.2) is 0 Å². The first kappa shape index (κ1) is 15.7. The highest BCUT2D eigenvalue weighted by Crippen LogP contribution is 2.26. The summed E-state index contributed by atoms with van der Waals surface area (Å²) < 4.78 is 34.6. The molecule has 1 aromatic rings. The lowest BCUT2D eigenvalue weighted by Crippen LogP contribution is -2.25. The molecule has 1 amide bonds. The Morgan fingerprint density at radius 2 is 2.15 bits per heavy atom. The molecule has 1 aliphatic heterocycles. The van der Waals surface area contributed by atoms with Crippen LogP contribution in [0.3, 0.4) is 0 Å². The van der Waals surface area contributed by atoms with Crippen LogP contribution >= 0.6 is 27.5 Å². The molecule has 1 fully saturated rings. The van der Waals surface area contributed by atoms with Crippen molar-refractivity contribution in [2.24, 2.45) is 5.92 Å². The van der Waals surface area contributed by atoms with Gasteiger partial charge in [0, 0.05) is 29.9 Å². The molecule has 1 aliphatic rings. The van der Waals surface area contributed by atoms with Gasteiger partial charge in [0.15, 0.2) is 0 Å². The lowest BCUT2D eigenvalue weighted by atomic mass is 10.1. The molecule has 0 aliphatic carbocycles. The zero-order valence-corrected chi connectivity index (χ0v) is 13.5. The summed E-state index contributed by atoms with van der Waals surface area (Å²) in [4.78, 5) is 13.3. The van der Waals surface area contributed by atoms with E-state index in [2.05, 4.69) is 15.9 Å². The number of carbonyl (C=O) groups excluding carboxylic acids is 1. The fourth-order valence-electron chi connectivity index (χ4n) is 2.26. The van der Waals surface area contributed by atoms with Crippen LogP contribution in [0.4, 0.5) is 3.89 Å². The maximum atomic E-state index is 12.6. The van der Waals surface area contributed by atoms with Crippen molar-refractivity contribution in [2.75, 3.05) is 12.3 Å². The van der Waals surface area contributed by atoms with Gasteiger partial charge in [-0.3, -0.25) is 4.79 Å². The zero-order chi connectivity index (χ0) is 14.9.